The lowest BCUT2D eigenvalue weighted by Gasteiger charge is -2.34. The Bertz CT molecular complexity index is 1030. The van der Waals surface area contributed by atoms with Gasteiger partial charge in [-0.15, -0.1) is 0 Å². The van der Waals surface area contributed by atoms with Crippen LogP contribution >= 0.6 is 11.7 Å². The molecule has 4 rings (SSSR count). The summed E-state index contributed by atoms with van der Waals surface area (Å²) < 4.78 is 49.1. The van der Waals surface area contributed by atoms with Crippen molar-refractivity contribution < 1.29 is 12.8 Å². The molecule has 2 aromatic carbocycles. The Labute approximate surface area is 155 Å². The van der Waals surface area contributed by atoms with Crippen LogP contribution in [0.3, 0.4) is 0 Å². The van der Waals surface area contributed by atoms with Crippen molar-refractivity contribution in [2.45, 2.75) is 11.4 Å². The number of halogens is 1. The first-order chi connectivity index (χ1) is 12.5. The van der Waals surface area contributed by atoms with Crippen LogP contribution in [0.25, 0.3) is 11.0 Å². The number of fused-ring (bicyclic) bond motifs is 1. The third-order valence-corrected chi connectivity index (χ3v) is 6.97. The van der Waals surface area contributed by atoms with E-state index in [2.05, 4.69) is 13.6 Å². The molecule has 0 saturated carbocycles. The van der Waals surface area contributed by atoms with Crippen LogP contribution < -0.4 is 0 Å². The molecule has 0 N–H and O–H groups in total. The summed E-state index contributed by atoms with van der Waals surface area (Å²) in [6.07, 6.45) is 0. The molecule has 1 aliphatic heterocycles. The number of hydrogen-bond acceptors (Lipinski definition) is 6. The monoisotopic (exact) mass is 392 g/mol. The van der Waals surface area contributed by atoms with Crippen LogP contribution in [0.1, 0.15) is 5.56 Å². The predicted octanol–water partition coefficient (Wildman–Crippen LogP) is 2.34. The van der Waals surface area contributed by atoms with E-state index in [9.17, 15) is 12.8 Å². The molecule has 0 radical (unpaired) electrons. The first-order valence-corrected chi connectivity index (χ1v) is 10.4. The fourth-order valence-corrected chi connectivity index (χ4v) is 5.32. The highest BCUT2D eigenvalue weighted by Crippen LogP contribution is 2.25. The Kier molecular flexibility index (Phi) is 4.70. The molecular formula is C17H17FN4O2S2. The number of sulfonamides is 1. The number of hydrogen-bond donors (Lipinski definition) is 0. The average Bonchev–Trinajstić information content (AvgIpc) is 3.11. The van der Waals surface area contributed by atoms with Crippen LogP contribution in [0.15, 0.2) is 47.4 Å². The van der Waals surface area contributed by atoms with Crippen LogP contribution in [0.5, 0.6) is 0 Å². The Morgan fingerprint density at radius 3 is 2.58 bits per heavy atom. The molecule has 9 heteroatoms. The normalized spacial score (nSPS) is 17.0. The van der Waals surface area contributed by atoms with Crippen LogP contribution in [0.2, 0.25) is 0 Å². The standard InChI is InChI=1S/C17H17FN4O2S2/c18-14-4-1-3-13(11-14)12-21-7-9-22(10-8-21)26(23,24)16-6-2-5-15-17(16)20-25-19-15/h1-6,11H,7-10,12H2. The largest absolute Gasteiger partial charge is 0.296 e. The van der Waals surface area contributed by atoms with Crippen LogP contribution in [-0.2, 0) is 16.6 Å². The maximum atomic E-state index is 13.3. The third-order valence-electron chi connectivity index (χ3n) is 4.49. The Morgan fingerprint density at radius 1 is 1.04 bits per heavy atom. The van der Waals surface area contributed by atoms with Gasteiger partial charge in [-0.2, -0.15) is 13.1 Å². The first kappa shape index (κ1) is 17.5. The molecule has 1 saturated heterocycles. The molecule has 0 unspecified atom stereocenters. The van der Waals surface area contributed by atoms with Crippen LogP contribution in [0, 0.1) is 5.82 Å². The summed E-state index contributed by atoms with van der Waals surface area (Å²) in [5, 5.41) is 0. The fourth-order valence-electron chi connectivity index (χ4n) is 3.15. The second-order valence-corrected chi connectivity index (χ2v) is 8.63. The molecule has 1 aromatic heterocycles. The molecule has 0 atom stereocenters. The summed E-state index contributed by atoms with van der Waals surface area (Å²) in [7, 11) is -3.61. The zero-order valence-corrected chi connectivity index (χ0v) is 15.5. The molecule has 0 aliphatic carbocycles. The molecule has 1 fully saturated rings. The minimum atomic E-state index is -3.61. The lowest BCUT2D eigenvalue weighted by atomic mass is 10.2. The van der Waals surface area contributed by atoms with Crippen molar-refractivity contribution in [3.63, 3.8) is 0 Å². The topological polar surface area (TPSA) is 66.4 Å². The molecule has 26 heavy (non-hydrogen) atoms. The van der Waals surface area contributed by atoms with Crippen molar-refractivity contribution >= 4 is 32.8 Å². The van der Waals surface area contributed by atoms with Gasteiger partial charge in [0, 0.05) is 32.7 Å². The lowest BCUT2D eigenvalue weighted by molar-refractivity contribution is 0.181. The zero-order valence-electron chi connectivity index (χ0n) is 13.9. The van der Waals surface area contributed by atoms with E-state index in [0.717, 1.165) is 17.3 Å². The Balaban J connectivity index is 1.48. The van der Waals surface area contributed by atoms with E-state index < -0.39 is 10.0 Å². The predicted molar refractivity (Wildman–Crippen MR) is 97.9 cm³/mol. The number of aromatic nitrogens is 2. The molecule has 0 bridgehead atoms. The molecule has 2 heterocycles. The maximum absolute atomic E-state index is 13.3. The van der Waals surface area contributed by atoms with Crippen molar-refractivity contribution in [2.24, 2.45) is 0 Å². The minimum absolute atomic E-state index is 0.210. The molecule has 0 amide bonds. The SMILES string of the molecule is O=S(=O)(c1cccc2nsnc12)N1CCN(Cc2cccc(F)c2)CC1. The highest BCUT2D eigenvalue weighted by Gasteiger charge is 2.30. The fraction of sp³-hybridized carbons (Fsp3) is 0.294. The van der Waals surface area contributed by atoms with Crippen molar-refractivity contribution in [3.05, 3.63) is 53.8 Å². The Hall–Kier alpha value is -1.94. The van der Waals surface area contributed by atoms with Gasteiger partial charge in [0.2, 0.25) is 10.0 Å². The van der Waals surface area contributed by atoms with E-state index in [4.69, 9.17) is 0 Å². The molecular weight excluding hydrogens is 375 g/mol. The van der Waals surface area contributed by atoms with Crippen molar-refractivity contribution in [1.29, 1.82) is 0 Å². The second-order valence-electron chi connectivity index (χ2n) is 6.20. The van der Waals surface area contributed by atoms with Gasteiger partial charge in [0.15, 0.2) is 0 Å². The second kappa shape index (κ2) is 6.99. The van der Waals surface area contributed by atoms with Gasteiger partial charge in [-0.05, 0) is 29.8 Å². The van der Waals surface area contributed by atoms with E-state index in [1.165, 1.54) is 16.4 Å². The highest BCUT2D eigenvalue weighted by molar-refractivity contribution is 7.89. The average molecular weight is 392 g/mol. The van der Waals surface area contributed by atoms with Gasteiger partial charge < -0.3 is 0 Å². The third kappa shape index (κ3) is 3.35. The van der Waals surface area contributed by atoms with E-state index in [1.54, 1.807) is 24.3 Å². The summed E-state index contributed by atoms with van der Waals surface area (Å²) in [4.78, 5) is 2.34. The van der Waals surface area contributed by atoms with E-state index in [-0.39, 0.29) is 10.7 Å². The summed E-state index contributed by atoms with van der Waals surface area (Å²) in [6.45, 7) is 2.59. The van der Waals surface area contributed by atoms with E-state index in [1.807, 2.05) is 6.07 Å². The van der Waals surface area contributed by atoms with E-state index >= 15 is 0 Å². The molecule has 6 nitrogen and oxygen atoms in total. The first-order valence-electron chi connectivity index (χ1n) is 8.22. The smallest absolute Gasteiger partial charge is 0.245 e. The summed E-state index contributed by atoms with van der Waals surface area (Å²) in [5.74, 6) is -0.256. The quantitative estimate of drug-likeness (QED) is 0.682. The zero-order chi connectivity index (χ0) is 18.1. The van der Waals surface area contributed by atoms with Gasteiger partial charge in [0.05, 0.1) is 11.7 Å². The number of nitrogens with zero attached hydrogens (tertiary/aromatic N) is 4. The van der Waals surface area contributed by atoms with Gasteiger partial charge in [-0.3, -0.25) is 4.90 Å². The summed E-state index contributed by atoms with van der Waals surface area (Å²) in [5.41, 5.74) is 1.92. The van der Waals surface area contributed by atoms with Crippen molar-refractivity contribution in [1.82, 2.24) is 18.0 Å². The molecule has 136 valence electrons. The molecule has 3 aromatic rings. The number of benzene rings is 2. The molecule has 1 aliphatic rings. The molecule has 0 spiro atoms. The Morgan fingerprint density at radius 2 is 1.81 bits per heavy atom. The lowest BCUT2D eigenvalue weighted by Crippen LogP contribution is -2.48. The van der Waals surface area contributed by atoms with Crippen LogP contribution in [-0.4, -0.2) is 52.5 Å². The number of piperazine rings is 1. The van der Waals surface area contributed by atoms with Gasteiger partial charge >= 0.3 is 0 Å². The highest BCUT2D eigenvalue weighted by atomic mass is 32.2. The minimum Gasteiger partial charge on any atom is -0.296 e. The summed E-state index contributed by atoms with van der Waals surface area (Å²) in [6, 6.07) is 11.5. The summed E-state index contributed by atoms with van der Waals surface area (Å²) >= 11 is 1.01. The van der Waals surface area contributed by atoms with Gasteiger partial charge in [-0.1, -0.05) is 18.2 Å². The van der Waals surface area contributed by atoms with Gasteiger partial charge in [0.25, 0.3) is 0 Å². The van der Waals surface area contributed by atoms with Crippen molar-refractivity contribution in [3.8, 4) is 0 Å². The van der Waals surface area contributed by atoms with E-state index in [0.29, 0.717) is 43.8 Å². The maximum Gasteiger partial charge on any atom is 0.245 e. The van der Waals surface area contributed by atoms with Crippen molar-refractivity contribution in [2.75, 3.05) is 26.2 Å². The van der Waals surface area contributed by atoms with Crippen LogP contribution in [0.4, 0.5) is 4.39 Å². The number of rotatable bonds is 4. The van der Waals surface area contributed by atoms with Gasteiger partial charge in [-0.25, -0.2) is 12.8 Å². The van der Waals surface area contributed by atoms with Gasteiger partial charge in [0.1, 0.15) is 21.7 Å².